The van der Waals surface area contributed by atoms with E-state index in [1.54, 1.807) is 18.2 Å². The lowest BCUT2D eigenvalue weighted by atomic mass is 10.0. The second kappa shape index (κ2) is 4.72. The number of aromatic nitrogens is 1. The number of H-pyrrole nitrogens is 1. The van der Waals surface area contributed by atoms with Crippen LogP contribution in [0.3, 0.4) is 0 Å². The van der Waals surface area contributed by atoms with Gasteiger partial charge in [0.25, 0.3) is 5.56 Å². The Bertz CT molecular complexity index is 809. The Morgan fingerprint density at radius 2 is 1.68 bits per heavy atom. The topological polar surface area (TPSA) is 32.9 Å². The maximum atomic E-state index is 11.9. The van der Waals surface area contributed by atoms with Crippen molar-refractivity contribution in [3.8, 4) is 11.1 Å². The molecule has 0 saturated carbocycles. The number of hydrogen-bond donors (Lipinski definition) is 1. The van der Waals surface area contributed by atoms with Crippen LogP contribution >= 0.6 is 23.2 Å². The summed E-state index contributed by atoms with van der Waals surface area (Å²) in [6.45, 7) is 0. The lowest BCUT2D eigenvalue weighted by Gasteiger charge is -2.09. The second-order valence-corrected chi connectivity index (χ2v) is 5.01. The molecule has 0 unspecified atom stereocenters. The van der Waals surface area contributed by atoms with E-state index in [2.05, 4.69) is 4.98 Å². The van der Waals surface area contributed by atoms with Crippen LogP contribution in [0.25, 0.3) is 22.0 Å². The van der Waals surface area contributed by atoms with Crippen molar-refractivity contribution in [3.05, 3.63) is 68.9 Å². The molecule has 0 spiro atoms. The number of aromatic amines is 1. The van der Waals surface area contributed by atoms with Crippen LogP contribution < -0.4 is 5.56 Å². The van der Waals surface area contributed by atoms with E-state index in [0.29, 0.717) is 10.6 Å². The predicted molar refractivity (Wildman–Crippen MR) is 80.0 cm³/mol. The van der Waals surface area contributed by atoms with Crippen LogP contribution in [0.4, 0.5) is 0 Å². The first-order valence-electron chi connectivity index (χ1n) is 5.73. The summed E-state index contributed by atoms with van der Waals surface area (Å²) < 4.78 is 0. The predicted octanol–water partition coefficient (Wildman–Crippen LogP) is 4.50. The number of halogens is 2. The normalized spacial score (nSPS) is 10.8. The highest BCUT2D eigenvalue weighted by Gasteiger charge is 2.12. The molecule has 0 atom stereocenters. The monoisotopic (exact) mass is 289 g/mol. The van der Waals surface area contributed by atoms with Crippen LogP contribution in [0, 0.1) is 0 Å². The number of fused-ring (bicyclic) bond motifs is 1. The van der Waals surface area contributed by atoms with Gasteiger partial charge >= 0.3 is 0 Å². The Morgan fingerprint density at radius 1 is 0.947 bits per heavy atom. The molecule has 0 radical (unpaired) electrons. The van der Waals surface area contributed by atoms with E-state index in [-0.39, 0.29) is 10.6 Å². The van der Waals surface area contributed by atoms with Gasteiger partial charge in [0.2, 0.25) is 0 Å². The van der Waals surface area contributed by atoms with Gasteiger partial charge in [-0.1, -0.05) is 53.5 Å². The van der Waals surface area contributed by atoms with Crippen molar-refractivity contribution in [1.82, 2.24) is 4.98 Å². The number of hydrogen-bond acceptors (Lipinski definition) is 1. The molecule has 4 heteroatoms. The maximum Gasteiger partial charge on any atom is 0.267 e. The van der Waals surface area contributed by atoms with Crippen LogP contribution in [0.1, 0.15) is 0 Å². The molecule has 1 heterocycles. The summed E-state index contributed by atoms with van der Waals surface area (Å²) in [6.07, 6.45) is 0. The molecule has 0 saturated heterocycles. The summed E-state index contributed by atoms with van der Waals surface area (Å²) in [5, 5.41) is 1.62. The third-order valence-electron chi connectivity index (χ3n) is 2.98. The van der Waals surface area contributed by atoms with E-state index in [4.69, 9.17) is 23.2 Å². The number of pyridine rings is 1. The molecule has 2 nitrogen and oxygen atoms in total. The summed E-state index contributed by atoms with van der Waals surface area (Å²) in [7, 11) is 0. The molecule has 0 bridgehead atoms. The van der Waals surface area contributed by atoms with Gasteiger partial charge in [0.15, 0.2) is 0 Å². The van der Waals surface area contributed by atoms with Gasteiger partial charge in [-0.2, -0.15) is 0 Å². The van der Waals surface area contributed by atoms with Crippen LogP contribution in [-0.4, -0.2) is 4.98 Å². The Labute approximate surface area is 119 Å². The zero-order chi connectivity index (χ0) is 13.4. The van der Waals surface area contributed by atoms with Crippen molar-refractivity contribution in [3.63, 3.8) is 0 Å². The minimum Gasteiger partial charge on any atom is -0.321 e. The lowest BCUT2D eigenvalue weighted by molar-refractivity contribution is 1.31. The minimum atomic E-state index is -0.296. The fraction of sp³-hybridized carbons (Fsp3) is 0. The van der Waals surface area contributed by atoms with Gasteiger partial charge in [-0.05, 0) is 23.8 Å². The molecule has 0 aliphatic heterocycles. The highest BCUT2D eigenvalue weighted by Crippen LogP contribution is 2.33. The van der Waals surface area contributed by atoms with Crippen molar-refractivity contribution in [2.75, 3.05) is 0 Å². The van der Waals surface area contributed by atoms with E-state index in [1.165, 1.54) is 0 Å². The first-order chi connectivity index (χ1) is 9.16. The molecule has 0 aliphatic carbocycles. The molecule has 94 valence electrons. The van der Waals surface area contributed by atoms with Gasteiger partial charge in [-0.25, -0.2) is 0 Å². The van der Waals surface area contributed by atoms with Crippen LogP contribution in [0.15, 0.2) is 53.3 Å². The fourth-order valence-electron chi connectivity index (χ4n) is 2.13. The Kier molecular flexibility index (Phi) is 3.05. The molecular weight excluding hydrogens is 281 g/mol. The van der Waals surface area contributed by atoms with Crippen molar-refractivity contribution in [2.24, 2.45) is 0 Å². The van der Waals surface area contributed by atoms with E-state index in [9.17, 15) is 4.79 Å². The first-order valence-corrected chi connectivity index (χ1v) is 6.49. The van der Waals surface area contributed by atoms with Crippen molar-refractivity contribution < 1.29 is 0 Å². The fourth-order valence-corrected chi connectivity index (χ4v) is 2.56. The van der Waals surface area contributed by atoms with E-state index < -0.39 is 0 Å². The van der Waals surface area contributed by atoms with Crippen molar-refractivity contribution >= 4 is 34.1 Å². The highest BCUT2D eigenvalue weighted by atomic mass is 35.5. The molecule has 1 aromatic heterocycles. The number of benzene rings is 2. The Hall–Kier alpha value is -1.77. The Balaban J connectivity index is 2.48. The third kappa shape index (κ3) is 2.14. The second-order valence-electron chi connectivity index (χ2n) is 4.20. The van der Waals surface area contributed by atoms with Crippen molar-refractivity contribution in [2.45, 2.75) is 0 Å². The van der Waals surface area contributed by atoms with E-state index in [1.807, 2.05) is 30.3 Å². The highest BCUT2D eigenvalue weighted by molar-refractivity contribution is 6.35. The Morgan fingerprint density at radius 3 is 2.42 bits per heavy atom. The molecular formula is C15H9Cl2NO. The standard InChI is InChI=1S/C15H9Cl2NO/c16-10-6-7-12-11(8-10)13(14(17)15(19)18-12)9-4-2-1-3-5-9/h1-8H,(H,18,19). The maximum absolute atomic E-state index is 11.9. The largest absolute Gasteiger partial charge is 0.321 e. The molecule has 3 rings (SSSR count). The van der Waals surface area contributed by atoms with Crippen molar-refractivity contribution in [1.29, 1.82) is 0 Å². The summed E-state index contributed by atoms with van der Waals surface area (Å²) in [6, 6.07) is 14.9. The quantitative estimate of drug-likeness (QED) is 0.703. The smallest absolute Gasteiger partial charge is 0.267 e. The molecule has 3 aromatic rings. The number of rotatable bonds is 1. The SMILES string of the molecule is O=c1[nH]c2ccc(Cl)cc2c(-c2ccccc2)c1Cl. The zero-order valence-electron chi connectivity index (χ0n) is 9.78. The van der Waals surface area contributed by atoms with Gasteiger partial charge in [-0.15, -0.1) is 0 Å². The van der Waals surface area contributed by atoms with Gasteiger partial charge in [0, 0.05) is 21.5 Å². The van der Waals surface area contributed by atoms with E-state index >= 15 is 0 Å². The van der Waals surface area contributed by atoms with Crippen LogP contribution in [-0.2, 0) is 0 Å². The summed E-state index contributed by atoms with van der Waals surface area (Å²) >= 11 is 12.2. The molecule has 2 aromatic carbocycles. The van der Waals surface area contributed by atoms with Crippen LogP contribution in [0.5, 0.6) is 0 Å². The first kappa shape index (κ1) is 12.3. The minimum absolute atomic E-state index is 0.181. The van der Waals surface area contributed by atoms with Gasteiger partial charge < -0.3 is 4.98 Å². The van der Waals surface area contributed by atoms with E-state index in [0.717, 1.165) is 16.5 Å². The molecule has 1 N–H and O–H groups in total. The zero-order valence-corrected chi connectivity index (χ0v) is 11.3. The average molecular weight is 290 g/mol. The average Bonchev–Trinajstić information content (AvgIpc) is 2.42. The summed E-state index contributed by atoms with van der Waals surface area (Å²) in [5.41, 5.74) is 2.03. The third-order valence-corrected chi connectivity index (χ3v) is 3.58. The molecule has 0 aliphatic rings. The van der Waals surface area contributed by atoms with Gasteiger partial charge in [0.1, 0.15) is 5.02 Å². The summed E-state index contributed by atoms with van der Waals surface area (Å²) in [4.78, 5) is 14.6. The molecule has 0 amide bonds. The summed E-state index contributed by atoms with van der Waals surface area (Å²) in [5.74, 6) is 0. The van der Waals surface area contributed by atoms with Crippen LogP contribution in [0.2, 0.25) is 10.0 Å². The lowest BCUT2D eigenvalue weighted by Crippen LogP contribution is -2.08. The van der Waals surface area contributed by atoms with Gasteiger partial charge in [-0.3, -0.25) is 4.79 Å². The molecule has 0 fully saturated rings. The van der Waals surface area contributed by atoms with Gasteiger partial charge in [0.05, 0.1) is 0 Å². The molecule has 19 heavy (non-hydrogen) atoms. The number of nitrogens with one attached hydrogen (secondary N) is 1.